The summed E-state index contributed by atoms with van der Waals surface area (Å²) in [4.78, 5) is 25.8. The van der Waals surface area contributed by atoms with E-state index in [-0.39, 0.29) is 11.9 Å². The average molecular weight is 377 g/mol. The number of anilines is 1. The van der Waals surface area contributed by atoms with Gasteiger partial charge >= 0.3 is 0 Å². The zero-order valence-electron chi connectivity index (χ0n) is 16.4. The molecule has 146 valence electrons. The number of fused-ring (bicyclic) bond motifs is 1. The maximum absolute atomic E-state index is 12.7. The number of carbonyl (C=O) groups excluding carboxylic acids is 2. The maximum atomic E-state index is 12.7. The van der Waals surface area contributed by atoms with Crippen LogP contribution < -0.4 is 16.0 Å². The number of hydrogen-bond acceptors (Lipinski definition) is 3. The molecule has 1 atom stereocenters. The molecule has 0 saturated carbocycles. The number of carbonyl (C=O) groups is 2. The Labute approximate surface area is 166 Å². The van der Waals surface area contributed by atoms with E-state index in [1.807, 2.05) is 36.4 Å². The molecule has 28 heavy (non-hydrogen) atoms. The van der Waals surface area contributed by atoms with E-state index in [2.05, 4.69) is 30.1 Å². The first-order valence-electron chi connectivity index (χ1n) is 9.78. The number of primary amides is 1. The smallest absolute Gasteiger partial charge is 0.251 e. The lowest BCUT2D eigenvalue weighted by Gasteiger charge is -2.21. The highest BCUT2D eigenvalue weighted by Crippen LogP contribution is 2.32. The van der Waals surface area contributed by atoms with Crippen molar-refractivity contribution in [3.05, 3.63) is 70.8 Å². The number of nitrogens with one attached hydrogen (secondary N) is 1. The molecule has 0 aromatic heterocycles. The Bertz CT molecular complexity index is 883. The molecule has 2 aromatic carbocycles. The van der Waals surface area contributed by atoms with E-state index in [4.69, 9.17) is 5.73 Å². The second-order valence-electron chi connectivity index (χ2n) is 6.98. The van der Waals surface area contributed by atoms with Crippen LogP contribution in [0.5, 0.6) is 0 Å². The normalized spacial score (nSPS) is 15.4. The molecule has 1 unspecified atom stereocenters. The Kier molecular flexibility index (Phi) is 6.14. The molecular formula is C23H27N3O2. The van der Waals surface area contributed by atoms with Crippen LogP contribution in [0.2, 0.25) is 0 Å². The molecule has 0 spiro atoms. The first-order valence-corrected chi connectivity index (χ1v) is 9.78. The van der Waals surface area contributed by atoms with E-state index < -0.39 is 5.91 Å². The zero-order valence-corrected chi connectivity index (χ0v) is 16.4. The third-order valence-electron chi connectivity index (χ3n) is 5.25. The molecule has 0 aliphatic heterocycles. The summed E-state index contributed by atoms with van der Waals surface area (Å²) in [5, 5.41) is 3.15. The molecule has 5 heteroatoms. The van der Waals surface area contributed by atoms with Gasteiger partial charge in [-0.05, 0) is 73.7 Å². The van der Waals surface area contributed by atoms with Gasteiger partial charge in [-0.15, -0.1) is 0 Å². The van der Waals surface area contributed by atoms with Crippen LogP contribution in [0.25, 0.3) is 6.08 Å². The average Bonchev–Trinajstić information content (AvgIpc) is 3.10. The third-order valence-corrected chi connectivity index (χ3v) is 5.25. The number of nitrogens with two attached hydrogens (primary N) is 1. The fourth-order valence-electron chi connectivity index (χ4n) is 3.72. The molecule has 5 nitrogen and oxygen atoms in total. The van der Waals surface area contributed by atoms with Gasteiger partial charge in [-0.1, -0.05) is 18.2 Å². The maximum Gasteiger partial charge on any atom is 0.251 e. The molecule has 0 radical (unpaired) electrons. The molecule has 3 rings (SSSR count). The minimum absolute atomic E-state index is 0.0131. The van der Waals surface area contributed by atoms with Gasteiger partial charge < -0.3 is 16.0 Å². The van der Waals surface area contributed by atoms with E-state index in [0.29, 0.717) is 5.56 Å². The number of amides is 2. The van der Waals surface area contributed by atoms with Crippen molar-refractivity contribution in [2.75, 3.05) is 18.0 Å². The lowest BCUT2D eigenvalue weighted by Crippen LogP contribution is -2.27. The first kappa shape index (κ1) is 19.7. The van der Waals surface area contributed by atoms with Crippen molar-refractivity contribution in [2.24, 2.45) is 5.73 Å². The van der Waals surface area contributed by atoms with E-state index >= 15 is 0 Å². The van der Waals surface area contributed by atoms with Gasteiger partial charge in [0.15, 0.2) is 0 Å². The number of hydrogen-bond donors (Lipinski definition) is 2. The van der Waals surface area contributed by atoms with Gasteiger partial charge in [0.05, 0.1) is 6.04 Å². The minimum Gasteiger partial charge on any atom is -0.372 e. The second-order valence-corrected chi connectivity index (χ2v) is 6.98. The molecule has 0 saturated heterocycles. The summed E-state index contributed by atoms with van der Waals surface area (Å²) in [5.74, 6) is -0.515. The fraction of sp³-hybridized carbons (Fsp3) is 0.304. The first-order chi connectivity index (χ1) is 13.5. The Balaban J connectivity index is 1.69. The quantitative estimate of drug-likeness (QED) is 0.726. The molecule has 1 aliphatic rings. The van der Waals surface area contributed by atoms with Crippen LogP contribution >= 0.6 is 0 Å². The van der Waals surface area contributed by atoms with Gasteiger partial charge in [-0.25, -0.2) is 0 Å². The van der Waals surface area contributed by atoms with Gasteiger partial charge in [0.1, 0.15) is 0 Å². The Morgan fingerprint density at radius 3 is 2.50 bits per heavy atom. The highest BCUT2D eigenvalue weighted by Gasteiger charge is 2.24. The number of aryl methyl sites for hydroxylation is 1. The Morgan fingerprint density at radius 2 is 1.86 bits per heavy atom. The van der Waals surface area contributed by atoms with Crippen molar-refractivity contribution >= 4 is 23.6 Å². The van der Waals surface area contributed by atoms with Crippen LogP contribution in [0.1, 0.15) is 53.4 Å². The van der Waals surface area contributed by atoms with Gasteiger partial charge in [-0.3, -0.25) is 9.59 Å². The molecule has 3 N–H and O–H groups in total. The highest BCUT2D eigenvalue weighted by atomic mass is 16.2. The topological polar surface area (TPSA) is 75.4 Å². The SMILES string of the molecule is CCN(CC)c1ccc(C(=O)NC2CCc3cc(/C=C/C(N)=O)ccc32)cc1. The van der Waals surface area contributed by atoms with Crippen molar-refractivity contribution in [3.63, 3.8) is 0 Å². The number of nitrogens with zero attached hydrogens (tertiary/aromatic N) is 1. The Morgan fingerprint density at radius 1 is 1.14 bits per heavy atom. The van der Waals surface area contributed by atoms with E-state index in [1.54, 1.807) is 6.08 Å². The van der Waals surface area contributed by atoms with Crippen molar-refractivity contribution in [2.45, 2.75) is 32.7 Å². The van der Waals surface area contributed by atoms with E-state index in [9.17, 15) is 9.59 Å². The van der Waals surface area contributed by atoms with Crippen molar-refractivity contribution in [3.8, 4) is 0 Å². The summed E-state index contributed by atoms with van der Waals surface area (Å²) in [7, 11) is 0. The monoisotopic (exact) mass is 377 g/mol. The lowest BCUT2D eigenvalue weighted by molar-refractivity contribution is -0.113. The molecule has 0 fully saturated rings. The summed E-state index contributed by atoms with van der Waals surface area (Å²) in [6, 6.07) is 13.8. The second kappa shape index (κ2) is 8.74. The summed E-state index contributed by atoms with van der Waals surface area (Å²) in [5.41, 5.74) is 10.2. The Hall–Kier alpha value is -3.08. The molecule has 0 heterocycles. The van der Waals surface area contributed by atoms with Crippen LogP contribution in [0.4, 0.5) is 5.69 Å². The fourth-order valence-corrected chi connectivity index (χ4v) is 3.72. The predicted octanol–water partition coefficient (Wildman–Crippen LogP) is 3.45. The highest BCUT2D eigenvalue weighted by molar-refractivity contribution is 5.95. The summed E-state index contributed by atoms with van der Waals surface area (Å²) < 4.78 is 0. The van der Waals surface area contributed by atoms with Crippen molar-refractivity contribution in [1.82, 2.24) is 5.32 Å². The van der Waals surface area contributed by atoms with Crippen LogP contribution in [0, 0.1) is 0 Å². The summed E-state index contributed by atoms with van der Waals surface area (Å²) >= 11 is 0. The van der Waals surface area contributed by atoms with Crippen LogP contribution in [0.15, 0.2) is 48.5 Å². The molecular weight excluding hydrogens is 350 g/mol. The standard InChI is InChI=1S/C23H27N3O2/c1-3-26(4-2)19-10-7-17(8-11-19)23(28)25-21-13-9-18-15-16(5-12-20(18)21)6-14-22(24)27/h5-8,10-12,14-15,21H,3-4,9,13H2,1-2H3,(H2,24,27)(H,25,28)/b14-6+. The number of benzene rings is 2. The lowest BCUT2D eigenvalue weighted by atomic mass is 10.0. The predicted molar refractivity (Wildman–Crippen MR) is 113 cm³/mol. The van der Waals surface area contributed by atoms with E-state index in [1.165, 1.54) is 11.6 Å². The van der Waals surface area contributed by atoms with Gasteiger partial charge in [0, 0.05) is 30.4 Å². The zero-order chi connectivity index (χ0) is 20.1. The third kappa shape index (κ3) is 4.42. The van der Waals surface area contributed by atoms with Crippen molar-refractivity contribution in [1.29, 1.82) is 0 Å². The molecule has 1 aliphatic carbocycles. The van der Waals surface area contributed by atoms with Gasteiger partial charge in [-0.2, -0.15) is 0 Å². The summed E-state index contributed by atoms with van der Waals surface area (Å²) in [6.45, 7) is 6.13. The van der Waals surface area contributed by atoms with Crippen LogP contribution in [0.3, 0.4) is 0 Å². The van der Waals surface area contributed by atoms with Crippen LogP contribution in [-0.4, -0.2) is 24.9 Å². The number of rotatable bonds is 7. The van der Waals surface area contributed by atoms with Crippen molar-refractivity contribution < 1.29 is 9.59 Å². The largest absolute Gasteiger partial charge is 0.372 e. The minimum atomic E-state index is -0.461. The van der Waals surface area contributed by atoms with E-state index in [0.717, 1.165) is 42.7 Å². The van der Waals surface area contributed by atoms with Gasteiger partial charge in [0.2, 0.25) is 5.91 Å². The van der Waals surface area contributed by atoms with Crippen LogP contribution in [-0.2, 0) is 11.2 Å². The summed E-state index contributed by atoms with van der Waals surface area (Å²) in [6.07, 6.45) is 4.85. The molecule has 0 bridgehead atoms. The molecule has 2 aromatic rings. The molecule has 2 amide bonds. The van der Waals surface area contributed by atoms with Gasteiger partial charge in [0.25, 0.3) is 5.91 Å².